The second-order valence-electron chi connectivity index (χ2n) is 8.96. The highest BCUT2D eigenvalue weighted by Crippen LogP contribution is 2.29. The van der Waals surface area contributed by atoms with E-state index in [9.17, 15) is 8.42 Å². The second-order valence-corrected chi connectivity index (χ2v) is 11.0. The topological polar surface area (TPSA) is 75.6 Å². The largest absolute Gasteiger partial charge is 0.378 e. The highest BCUT2D eigenvalue weighted by atomic mass is 32.2. The molecule has 0 amide bonds. The van der Waals surface area contributed by atoms with Crippen LogP contribution >= 0.6 is 0 Å². The predicted octanol–water partition coefficient (Wildman–Crippen LogP) is 4.05. The van der Waals surface area contributed by atoms with E-state index in [1.165, 1.54) is 11.1 Å². The molecule has 7 nitrogen and oxygen atoms in total. The Labute approximate surface area is 208 Å². The summed E-state index contributed by atoms with van der Waals surface area (Å²) in [6.07, 6.45) is 1.30. The van der Waals surface area contributed by atoms with Crippen LogP contribution in [0.25, 0.3) is 11.4 Å². The Hall–Kier alpha value is -2.81. The van der Waals surface area contributed by atoms with Gasteiger partial charge in [-0.25, -0.2) is 18.4 Å². The maximum atomic E-state index is 12.6. The zero-order chi connectivity index (χ0) is 24.8. The van der Waals surface area contributed by atoms with Gasteiger partial charge in [-0.2, -0.15) is 4.31 Å². The van der Waals surface area contributed by atoms with Gasteiger partial charge in [-0.3, -0.25) is 0 Å². The fourth-order valence-corrected chi connectivity index (χ4v) is 5.90. The van der Waals surface area contributed by atoms with Crippen molar-refractivity contribution in [3.8, 4) is 11.4 Å². The molecule has 0 saturated carbocycles. The van der Waals surface area contributed by atoms with Gasteiger partial charge >= 0.3 is 0 Å². The van der Waals surface area contributed by atoms with Gasteiger partial charge in [0.15, 0.2) is 5.82 Å². The number of anilines is 1. The molecular weight excluding hydrogens is 460 g/mol. The SMILES string of the molecule is CCCS(=O)(=O)N1CCN(c2nc(-c3ccccc3)nc(COC)c2Cc2ccc(C)cc2)CC1. The van der Waals surface area contributed by atoms with Crippen LogP contribution in [0.5, 0.6) is 0 Å². The summed E-state index contributed by atoms with van der Waals surface area (Å²) in [4.78, 5) is 12.2. The van der Waals surface area contributed by atoms with Crippen LogP contribution in [-0.2, 0) is 27.8 Å². The minimum atomic E-state index is -3.22. The van der Waals surface area contributed by atoms with Gasteiger partial charge in [-0.15, -0.1) is 0 Å². The van der Waals surface area contributed by atoms with E-state index in [1.807, 2.05) is 37.3 Å². The first-order chi connectivity index (χ1) is 16.9. The molecule has 1 aliphatic heterocycles. The second kappa shape index (κ2) is 11.3. The Morgan fingerprint density at radius 3 is 2.26 bits per heavy atom. The summed E-state index contributed by atoms with van der Waals surface area (Å²) in [6, 6.07) is 18.4. The van der Waals surface area contributed by atoms with Gasteiger partial charge < -0.3 is 9.64 Å². The third-order valence-corrected chi connectivity index (χ3v) is 8.36. The van der Waals surface area contributed by atoms with Crippen molar-refractivity contribution in [3.05, 3.63) is 77.0 Å². The molecule has 0 spiro atoms. The zero-order valence-electron chi connectivity index (χ0n) is 20.8. The lowest BCUT2D eigenvalue weighted by Gasteiger charge is -2.36. The molecule has 8 heteroatoms. The van der Waals surface area contributed by atoms with Crippen LogP contribution in [0.4, 0.5) is 5.82 Å². The highest BCUT2D eigenvalue weighted by Gasteiger charge is 2.29. The van der Waals surface area contributed by atoms with Crippen LogP contribution in [0.3, 0.4) is 0 Å². The molecule has 3 aromatic rings. The highest BCUT2D eigenvalue weighted by molar-refractivity contribution is 7.89. The minimum Gasteiger partial charge on any atom is -0.378 e. The Bertz CT molecular complexity index is 1220. The van der Waals surface area contributed by atoms with Crippen molar-refractivity contribution >= 4 is 15.8 Å². The van der Waals surface area contributed by atoms with Gasteiger partial charge in [0.2, 0.25) is 10.0 Å². The van der Waals surface area contributed by atoms with Gasteiger partial charge in [0.05, 0.1) is 18.1 Å². The number of rotatable bonds is 9. The average Bonchev–Trinajstić information content (AvgIpc) is 2.87. The smallest absolute Gasteiger partial charge is 0.214 e. The number of ether oxygens (including phenoxy) is 1. The average molecular weight is 495 g/mol. The van der Waals surface area contributed by atoms with Crippen molar-refractivity contribution in [2.45, 2.75) is 33.3 Å². The van der Waals surface area contributed by atoms with Gasteiger partial charge in [0.1, 0.15) is 5.82 Å². The summed E-state index contributed by atoms with van der Waals surface area (Å²) in [5, 5.41) is 0. The molecule has 0 unspecified atom stereocenters. The molecule has 1 fully saturated rings. The Morgan fingerprint density at radius 2 is 1.63 bits per heavy atom. The number of methoxy groups -OCH3 is 1. The standard InChI is InChI=1S/C27H34N4O3S/c1-4-18-35(32,33)31-16-14-30(15-17-31)27-24(19-22-12-10-21(2)11-13-22)25(20-34-3)28-26(29-27)23-8-6-5-7-9-23/h5-13H,4,14-20H2,1-3H3. The molecule has 186 valence electrons. The number of hydrogen-bond donors (Lipinski definition) is 0. The van der Waals surface area contributed by atoms with Crippen molar-refractivity contribution in [1.82, 2.24) is 14.3 Å². The van der Waals surface area contributed by atoms with Crippen LogP contribution in [0.15, 0.2) is 54.6 Å². The third-order valence-electron chi connectivity index (χ3n) is 6.28. The van der Waals surface area contributed by atoms with Crippen LogP contribution in [-0.4, -0.2) is 61.7 Å². The van der Waals surface area contributed by atoms with Gasteiger partial charge in [-0.05, 0) is 18.9 Å². The molecule has 0 atom stereocenters. The van der Waals surface area contributed by atoms with Gasteiger partial charge in [0.25, 0.3) is 0 Å². The fraction of sp³-hybridized carbons (Fsp3) is 0.407. The molecule has 0 aliphatic carbocycles. The zero-order valence-corrected chi connectivity index (χ0v) is 21.6. The molecule has 0 N–H and O–H groups in total. The van der Waals surface area contributed by atoms with Crippen molar-refractivity contribution in [1.29, 1.82) is 0 Å². The van der Waals surface area contributed by atoms with E-state index in [2.05, 4.69) is 36.1 Å². The number of nitrogens with zero attached hydrogens (tertiary/aromatic N) is 4. The van der Waals surface area contributed by atoms with Crippen molar-refractivity contribution in [2.75, 3.05) is 43.9 Å². The first-order valence-corrected chi connectivity index (χ1v) is 13.7. The third kappa shape index (κ3) is 6.07. The summed E-state index contributed by atoms with van der Waals surface area (Å²) in [5.41, 5.74) is 5.22. The lowest BCUT2D eigenvalue weighted by atomic mass is 10.0. The van der Waals surface area contributed by atoms with E-state index in [0.717, 1.165) is 22.6 Å². The van der Waals surface area contributed by atoms with E-state index in [4.69, 9.17) is 14.7 Å². The maximum absolute atomic E-state index is 12.6. The normalized spacial score (nSPS) is 14.9. The maximum Gasteiger partial charge on any atom is 0.214 e. The summed E-state index contributed by atoms with van der Waals surface area (Å²) in [7, 11) is -1.54. The molecule has 0 radical (unpaired) electrons. The molecule has 1 saturated heterocycles. The lowest BCUT2D eigenvalue weighted by molar-refractivity contribution is 0.180. The van der Waals surface area contributed by atoms with Crippen LogP contribution in [0.2, 0.25) is 0 Å². The summed E-state index contributed by atoms with van der Waals surface area (Å²) in [6.45, 7) is 6.43. The van der Waals surface area contributed by atoms with E-state index >= 15 is 0 Å². The fourth-order valence-electron chi connectivity index (χ4n) is 4.41. The Morgan fingerprint density at radius 1 is 0.943 bits per heavy atom. The monoisotopic (exact) mass is 494 g/mol. The molecule has 1 aromatic heterocycles. The first kappa shape index (κ1) is 25.3. The molecular formula is C27H34N4O3S. The van der Waals surface area contributed by atoms with Gasteiger partial charge in [-0.1, -0.05) is 67.1 Å². The summed E-state index contributed by atoms with van der Waals surface area (Å²) < 4.78 is 32.4. The molecule has 1 aliphatic rings. The van der Waals surface area contributed by atoms with E-state index < -0.39 is 10.0 Å². The molecule has 4 rings (SSSR count). The molecule has 35 heavy (non-hydrogen) atoms. The summed E-state index contributed by atoms with van der Waals surface area (Å²) >= 11 is 0. The molecule has 2 heterocycles. The van der Waals surface area contributed by atoms with Crippen molar-refractivity contribution in [3.63, 3.8) is 0 Å². The minimum absolute atomic E-state index is 0.190. The summed E-state index contributed by atoms with van der Waals surface area (Å²) in [5.74, 6) is 1.70. The van der Waals surface area contributed by atoms with Crippen LogP contribution in [0, 0.1) is 6.92 Å². The predicted molar refractivity (Wildman–Crippen MR) is 140 cm³/mol. The number of piperazine rings is 1. The molecule has 0 bridgehead atoms. The number of aryl methyl sites for hydroxylation is 1. The number of aromatic nitrogens is 2. The number of sulfonamides is 1. The quantitative estimate of drug-likeness (QED) is 0.447. The molecule has 2 aromatic carbocycles. The number of hydrogen-bond acceptors (Lipinski definition) is 6. The van der Waals surface area contributed by atoms with Crippen molar-refractivity contribution in [2.24, 2.45) is 0 Å². The van der Waals surface area contributed by atoms with Crippen LogP contribution in [0.1, 0.15) is 35.7 Å². The van der Waals surface area contributed by atoms with E-state index in [-0.39, 0.29) is 5.75 Å². The van der Waals surface area contributed by atoms with E-state index in [0.29, 0.717) is 51.5 Å². The number of benzene rings is 2. The Kier molecular flexibility index (Phi) is 8.15. The first-order valence-electron chi connectivity index (χ1n) is 12.1. The van der Waals surface area contributed by atoms with Gasteiger partial charge in [0, 0.05) is 50.8 Å². The lowest BCUT2D eigenvalue weighted by Crippen LogP contribution is -2.49. The Balaban J connectivity index is 1.74. The van der Waals surface area contributed by atoms with Crippen LogP contribution < -0.4 is 4.90 Å². The van der Waals surface area contributed by atoms with E-state index in [1.54, 1.807) is 11.4 Å². The van der Waals surface area contributed by atoms with Crippen molar-refractivity contribution < 1.29 is 13.2 Å².